The van der Waals surface area contributed by atoms with Crippen molar-refractivity contribution < 1.29 is 0 Å². The largest absolute Gasteiger partial charge is 0.342 e. The van der Waals surface area contributed by atoms with Gasteiger partial charge in [-0.3, -0.25) is 0 Å². The van der Waals surface area contributed by atoms with Crippen molar-refractivity contribution in [2.75, 3.05) is 11.4 Å². The minimum absolute atomic E-state index is 0.511. The van der Waals surface area contributed by atoms with Gasteiger partial charge < -0.3 is 4.90 Å². The van der Waals surface area contributed by atoms with Gasteiger partial charge in [0.2, 0.25) is 0 Å². The van der Waals surface area contributed by atoms with Crippen molar-refractivity contribution >= 4 is 38.9 Å². The van der Waals surface area contributed by atoms with Gasteiger partial charge in [-0.2, -0.15) is 0 Å². The maximum absolute atomic E-state index is 6.07. The minimum atomic E-state index is 0.511. The van der Waals surface area contributed by atoms with Crippen LogP contribution in [0.15, 0.2) is 46.9 Å². The molecule has 0 unspecified atom stereocenters. The second-order valence-electron chi connectivity index (χ2n) is 4.49. The summed E-state index contributed by atoms with van der Waals surface area (Å²) in [5, 5.41) is 0. The molecule has 3 heteroatoms. The molecule has 0 heterocycles. The van der Waals surface area contributed by atoms with E-state index in [1.807, 2.05) is 0 Å². The van der Waals surface area contributed by atoms with Crippen molar-refractivity contribution in [2.45, 2.75) is 19.7 Å². The first-order chi connectivity index (χ1) is 9.15. The molecule has 0 aliphatic heterocycles. The van der Waals surface area contributed by atoms with Gasteiger partial charge in [-0.1, -0.05) is 33.6 Å². The molecule has 0 aliphatic rings. The minimum Gasteiger partial charge on any atom is -0.342 e. The highest BCUT2D eigenvalue weighted by Crippen LogP contribution is 2.31. The molecule has 2 aromatic carbocycles. The molecule has 0 spiro atoms. The lowest BCUT2D eigenvalue weighted by Gasteiger charge is -2.26. The molecular formula is C16H17BrClN. The maximum Gasteiger partial charge on any atom is 0.0495 e. The molecule has 0 bridgehead atoms. The molecule has 0 N–H and O–H groups in total. The summed E-state index contributed by atoms with van der Waals surface area (Å²) in [6.45, 7) is 5.17. The fourth-order valence-corrected chi connectivity index (χ4v) is 2.76. The van der Waals surface area contributed by atoms with Gasteiger partial charge in [0.1, 0.15) is 0 Å². The van der Waals surface area contributed by atoms with Crippen LogP contribution >= 0.6 is 27.5 Å². The highest BCUT2D eigenvalue weighted by Gasteiger charge is 2.11. The van der Waals surface area contributed by atoms with Crippen LogP contribution in [0.1, 0.15) is 18.1 Å². The first kappa shape index (κ1) is 14.4. The first-order valence-corrected chi connectivity index (χ1v) is 7.67. The molecule has 0 saturated heterocycles. The average Bonchev–Trinajstić information content (AvgIpc) is 2.43. The Balaban J connectivity index is 2.44. The van der Waals surface area contributed by atoms with Gasteiger partial charge in [0, 0.05) is 28.3 Å². The van der Waals surface area contributed by atoms with Crippen LogP contribution in [-0.4, -0.2) is 6.54 Å². The zero-order valence-corrected chi connectivity index (χ0v) is 13.5. The van der Waals surface area contributed by atoms with Crippen LogP contribution in [0.3, 0.4) is 0 Å². The number of benzene rings is 2. The lowest BCUT2D eigenvalue weighted by atomic mass is 10.1. The molecule has 1 nitrogen and oxygen atoms in total. The summed E-state index contributed by atoms with van der Waals surface area (Å²) in [6.07, 6.45) is 0. The van der Waals surface area contributed by atoms with E-state index < -0.39 is 0 Å². The predicted octanol–water partition coefficient (Wildman–Crippen LogP) is 5.65. The van der Waals surface area contributed by atoms with E-state index in [0.29, 0.717) is 5.88 Å². The van der Waals surface area contributed by atoms with Crippen molar-refractivity contribution in [3.63, 3.8) is 0 Å². The third-order valence-corrected chi connectivity index (χ3v) is 3.92. The van der Waals surface area contributed by atoms with Gasteiger partial charge in [0.25, 0.3) is 0 Å². The van der Waals surface area contributed by atoms with E-state index in [9.17, 15) is 0 Å². The Bertz CT molecular complexity index is 551. The van der Waals surface area contributed by atoms with E-state index >= 15 is 0 Å². The van der Waals surface area contributed by atoms with Crippen molar-refractivity contribution in [2.24, 2.45) is 0 Å². The maximum atomic E-state index is 6.07. The fraction of sp³-hybridized carbons (Fsp3) is 0.250. The van der Waals surface area contributed by atoms with Gasteiger partial charge in [-0.05, 0) is 49.7 Å². The number of nitrogens with zero attached hydrogens (tertiary/aromatic N) is 1. The van der Waals surface area contributed by atoms with Crippen LogP contribution in [0.4, 0.5) is 11.4 Å². The Kier molecular flexibility index (Phi) is 4.89. The van der Waals surface area contributed by atoms with E-state index in [1.165, 1.54) is 16.9 Å². The molecule has 0 fully saturated rings. The van der Waals surface area contributed by atoms with Crippen LogP contribution in [0.5, 0.6) is 0 Å². The second-order valence-corrected chi connectivity index (χ2v) is 5.67. The molecule has 19 heavy (non-hydrogen) atoms. The standard InChI is InChI=1S/C16H17BrClN/c1-3-19(15-7-4-12(2)5-8-15)16-9-6-14(17)10-13(16)11-18/h4-10H,3,11H2,1-2H3. The van der Waals surface area contributed by atoms with Crippen LogP contribution in [0.2, 0.25) is 0 Å². The Morgan fingerprint density at radius 2 is 1.79 bits per heavy atom. The molecule has 0 aromatic heterocycles. The van der Waals surface area contributed by atoms with Gasteiger partial charge in [-0.15, -0.1) is 11.6 Å². The van der Waals surface area contributed by atoms with E-state index in [2.05, 4.69) is 77.1 Å². The smallest absolute Gasteiger partial charge is 0.0495 e. The number of hydrogen-bond donors (Lipinski definition) is 0. The second kappa shape index (κ2) is 6.44. The first-order valence-electron chi connectivity index (χ1n) is 6.34. The molecule has 2 rings (SSSR count). The van der Waals surface area contributed by atoms with Gasteiger partial charge >= 0.3 is 0 Å². The molecule has 0 aliphatic carbocycles. The summed E-state index contributed by atoms with van der Waals surface area (Å²) >= 11 is 9.57. The molecule has 0 atom stereocenters. The summed E-state index contributed by atoms with van der Waals surface area (Å²) in [7, 11) is 0. The molecule has 0 amide bonds. The predicted molar refractivity (Wildman–Crippen MR) is 87.6 cm³/mol. The van der Waals surface area contributed by atoms with E-state index in [4.69, 9.17) is 11.6 Å². The van der Waals surface area contributed by atoms with Crippen molar-refractivity contribution in [3.05, 3.63) is 58.1 Å². The summed E-state index contributed by atoms with van der Waals surface area (Å²) in [5.41, 5.74) is 4.78. The van der Waals surface area contributed by atoms with Crippen molar-refractivity contribution in [3.8, 4) is 0 Å². The zero-order valence-electron chi connectivity index (χ0n) is 11.2. The molecule has 100 valence electrons. The van der Waals surface area contributed by atoms with Crippen LogP contribution < -0.4 is 4.90 Å². The highest BCUT2D eigenvalue weighted by atomic mass is 79.9. The molecule has 0 radical (unpaired) electrons. The van der Waals surface area contributed by atoms with Crippen LogP contribution in [0.25, 0.3) is 0 Å². The van der Waals surface area contributed by atoms with Gasteiger partial charge in [-0.25, -0.2) is 0 Å². The zero-order chi connectivity index (χ0) is 13.8. The lowest BCUT2D eigenvalue weighted by molar-refractivity contribution is 1.01. The number of hydrogen-bond acceptors (Lipinski definition) is 1. The monoisotopic (exact) mass is 337 g/mol. The summed E-state index contributed by atoms with van der Waals surface area (Å²) in [4.78, 5) is 2.28. The highest BCUT2D eigenvalue weighted by molar-refractivity contribution is 9.10. The van der Waals surface area contributed by atoms with Crippen LogP contribution in [-0.2, 0) is 5.88 Å². The van der Waals surface area contributed by atoms with Gasteiger partial charge in [0.15, 0.2) is 0 Å². The third-order valence-electron chi connectivity index (χ3n) is 3.14. The summed E-state index contributed by atoms with van der Waals surface area (Å²) in [6, 6.07) is 14.8. The Labute approximate surface area is 128 Å². The number of anilines is 2. The Morgan fingerprint density at radius 3 is 2.37 bits per heavy atom. The number of halogens is 2. The SMILES string of the molecule is CCN(c1ccc(C)cc1)c1ccc(Br)cc1CCl. The van der Waals surface area contributed by atoms with E-state index in [-0.39, 0.29) is 0 Å². The summed E-state index contributed by atoms with van der Waals surface area (Å²) in [5.74, 6) is 0.511. The third kappa shape index (κ3) is 3.31. The van der Waals surface area contributed by atoms with Gasteiger partial charge in [0.05, 0.1) is 0 Å². The van der Waals surface area contributed by atoms with Crippen molar-refractivity contribution in [1.29, 1.82) is 0 Å². The Morgan fingerprint density at radius 1 is 1.11 bits per heavy atom. The lowest BCUT2D eigenvalue weighted by Crippen LogP contribution is -2.17. The molecular weight excluding hydrogens is 322 g/mol. The topological polar surface area (TPSA) is 3.24 Å². The molecule has 0 saturated carbocycles. The molecule has 2 aromatic rings. The Hall–Kier alpha value is -0.990. The quantitative estimate of drug-likeness (QED) is 0.651. The van der Waals surface area contributed by atoms with Crippen molar-refractivity contribution in [1.82, 2.24) is 0 Å². The van der Waals surface area contributed by atoms with E-state index in [1.54, 1.807) is 0 Å². The normalized spacial score (nSPS) is 10.5. The fourth-order valence-electron chi connectivity index (χ4n) is 2.14. The number of alkyl halides is 1. The number of rotatable bonds is 4. The average molecular weight is 339 g/mol. The van der Waals surface area contributed by atoms with E-state index in [0.717, 1.165) is 16.6 Å². The number of aryl methyl sites for hydroxylation is 1. The summed E-state index contributed by atoms with van der Waals surface area (Å²) < 4.78 is 1.06. The van der Waals surface area contributed by atoms with Crippen LogP contribution in [0, 0.1) is 6.92 Å².